The lowest BCUT2D eigenvalue weighted by Gasteiger charge is -2.29. The molecule has 4 nitrogen and oxygen atoms in total. The first-order valence-corrected chi connectivity index (χ1v) is 7.65. The molecule has 3 rings (SSSR count). The molecule has 0 aromatic carbocycles. The number of nitrogens with one attached hydrogen (secondary N) is 1. The molecule has 1 saturated carbocycles. The summed E-state index contributed by atoms with van der Waals surface area (Å²) in [6.07, 6.45) is 6.08. The van der Waals surface area contributed by atoms with Crippen LogP contribution in [0.3, 0.4) is 0 Å². The van der Waals surface area contributed by atoms with Crippen molar-refractivity contribution in [2.75, 3.05) is 6.54 Å². The molecule has 1 fully saturated rings. The number of carbonyl (C=O) groups is 1. The van der Waals surface area contributed by atoms with E-state index >= 15 is 0 Å². The van der Waals surface area contributed by atoms with E-state index in [1.165, 1.54) is 23.9 Å². The molecule has 0 aliphatic heterocycles. The Hall–Kier alpha value is -1.59. The molecule has 1 aliphatic rings. The average Bonchev–Trinajstić information content (AvgIpc) is 3.05. The normalized spacial score (nSPS) is 18.2. The van der Waals surface area contributed by atoms with Crippen molar-refractivity contribution in [1.82, 2.24) is 5.32 Å². The van der Waals surface area contributed by atoms with Crippen molar-refractivity contribution < 1.29 is 14.3 Å². The van der Waals surface area contributed by atoms with Crippen LogP contribution in [0.5, 0.6) is 0 Å². The number of aliphatic hydroxyl groups is 1. The first-order chi connectivity index (χ1) is 9.70. The molecule has 5 heteroatoms. The van der Waals surface area contributed by atoms with Crippen LogP contribution in [-0.4, -0.2) is 17.6 Å². The van der Waals surface area contributed by atoms with E-state index in [2.05, 4.69) is 5.32 Å². The Bertz CT molecular complexity index is 524. The zero-order valence-electron chi connectivity index (χ0n) is 11.0. The van der Waals surface area contributed by atoms with Gasteiger partial charge in [-0.3, -0.25) is 4.79 Å². The minimum Gasteiger partial charge on any atom is -0.472 e. The highest BCUT2D eigenvalue weighted by Crippen LogP contribution is 2.33. The van der Waals surface area contributed by atoms with Gasteiger partial charge in [0.05, 0.1) is 19.1 Å². The van der Waals surface area contributed by atoms with E-state index in [9.17, 15) is 9.90 Å². The third-order valence-corrected chi connectivity index (χ3v) is 4.94. The number of thiophene rings is 1. The summed E-state index contributed by atoms with van der Waals surface area (Å²) in [6.45, 7) is 0.169. The highest BCUT2D eigenvalue weighted by Gasteiger charge is 2.35. The maximum absolute atomic E-state index is 12.0. The molecule has 2 aromatic rings. The predicted octanol–water partition coefficient (Wildman–Crippen LogP) is 2.49. The van der Waals surface area contributed by atoms with E-state index in [0.717, 1.165) is 24.1 Å². The zero-order valence-corrected chi connectivity index (χ0v) is 11.9. The summed E-state index contributed by atoms with van der Waals surface area (Å²) < 4.78 is 5.08. The molecule has 0 radical (unpaired) electrons. The van der Waals surface area contributed by atoms with Gasteiger partial charge in [0.1, 0.15) is 5.60 Å². The second kappa shape index (κ2) is 5.42. The van der Waals surface area contributed by atoms with Crippen molar-refractivity contribution in [3.63, 3.8) is 0 Å². The lowest BCUT2D eigenvalue weighted by atomic mass is 9.84. The molecular formula is C15H17NO3S. The number of hydrogen-bond acceptors (Lipinski definition) is 4. The second-order valence-electron chi connectivity index (χ2n) is 5.20. The van der Waals surface area contributed by atoms with Crippen LogP contribution in [-0.2, 0) is 10.4 Å². The lowest BCUT2D eigenvalue weighted by molar-refractivity contribution is -0.128. The minimum atomic E-state index is -1.22. The van der Waals surface area contributed by atoms with Gasteiger partial charge in [-0.25, -0.2) is 0 Å². The SMILES string of the molecule is O=C(NCC(O)(c1ccoc1)c1cccs1)C1CCC1. The van der Waals surface area contributed by atoms with Gasteiger partial charge in [0.15, 0.2) is 0 Å². The van der Waals surface area contributed by atoms with Crippen LogP contribution in [0.25, 0.3) is 0 Å². The van der Waals surface area contributed by atoms with Crippen LogP contribution in [0.4, 0.5) is 0 Å². The number of furan rings is 1. The number of hydrogen-bond donors (Lipinski definition) is 2. The maximum Gasteiger partial charge on any atom is 0.223 e. The van der Waals surface area contributed by atoms with Crippen molar-refractivity contribution >= 4 is 17.2 Å². The van der Waals surface area contributed by atoms with Crippen molar-refractivity contribution in [2.24, 2.45) is 5.92 Å². The topological polar surface area (TPSA) is 62.5 Å². The smallest absolute Gasteiger partial charge is 0.223 e. The van der Waals surface area contributed by atoms with Crippen LogP contribution in [0, 0.1) is 5.92 Å². The molecule has 2 N–H and O–H groups in total. The standard InChI is InChI=1S/C15H17NO3S/c17-14(11-3-1-4-11)16-10-15(18,12-6-7-19-9-12)13-5-2-8-20-13/h2,5-9,11,18H,1,3-4,10H2,(H,16,17). The molecule has 1 amide bonds. The molecule has 2 aromatic heterocycles. The number of rotatable bonds is 5. The van der Waals surface area contributed by atoms with Gasteiger partial charge < -0.3 is 14.8 Å². The molecule has 106 valence electrons. The molecule has 0 spiro atoms. The van der Waals surface area contributed by atoms with E-state index in [4.69, 9.17) is 4.42 Å². The van der Waals surface area contributed by atoms with Crippen molar-refractivity contribution in [3.8, 4) is 0 Å². The van der Waals surface area contributed by atoms with Crippen molar-refractivity contribution in [3.05, 3.63) is 46.5 Å². The van der Waals surface area contributed by atoms with E-state index < -0.39 is 5.60 Å². The van der Waals surface area contributed by atoms with Gasteiger partial charge in [-0.15, -0.1) is 11.3 Å². The van der Waals surface area contributed by atoms with Gasteiger partial charge >= 0.3 is 0 Å². The molecule has 0 saturated heterocycles. The van der Waals surface area contributed by atoms with Crippen LogP contribution in [0.1, 0.15) is 29.7 Å². The second-order valence-corrected chi connectivity index (χ2v) is 6.14. The first kappa shape index (κ1) is 13.4. The number of carbonyl (C=O) groups excluding carboxylic acids is 1. The van der Waals surface area contributed by atoms with E-state index in [1.807, 2.05) is 17.5 Å². The summed E-state index contributed by atoms with van der Waals surface area (Å²) in [7, 11) is 0. The Morgan fingerprint density at radius 3 is 2.90 bits per heavy atom. The molecule has 1 aliphatic carbocycles. The molecular weight excluding hydrogens is 274 g/mol. The predicted molar refractivity (Wildman–Crippen MR) is 76.4 cm³/mol. The van der Waals surface area contributed by atoms with Gasteiger partial charge in [0.2, 0.25) is 5.91 Å². The van der Waals surface area contributed by atoms with Crippen molar-refractivity contribution in [2.45, 2.75) is 24.9 Å². The fraction of sp³-hybridized carbons (Fsp3) is 0.400. The van der Waals surface area contributed by atoms with E-state index in [1.54, 1.807) is 6.07 Å². The van der Waals surface area contributed by atoms with Crippen LogP contribution < -0.4 is 5.32 Å². The van der Waals surface area contributed by atoms with E-state index in [0.29, 0.717) is 5.56 Å². The Morgan fingerprint density at radius 1 is 1.50 bits per heavy atom. The van der Waals surface area contributed by atoms with Crippen molar-refractivity contribution in [1.29, 1.82) is 0 Å². The summed E-state index contributed by atoms with van der Waals surface area (Å²) in [4.78, 5) is 12.8. The van der Waals surface area contributed by atoms with Gasteiger partial charge in [0, 0.05) is 16.4 Å². The summed E-state index contributed by atoms with van der Waals surface area (Å²) in [5, 5.41) is 15.8. The van der Waals surface area contributed by atoms with Gasteiger partial charge in [-0.2, -0.15) is 0 Å². The number of amides is 1. The average molecular weight is 291 g/mol. The summed E-state index contributed by atoms with van der Waals surface area (Å²) >= 11 is 1.46. The molecule has 1 unspecified atom stereocenters. The third kappa shape index (κ3) is 2.39. The van der Waals surface area contributed by atoms with Crippen LogP contribution in [0.15, 0.2) is 40.5 Å². The lowest BCUT2D eigenvalue weighted by Crippen LogP contribution is -2.44. The highest BCUT2D eigenvalue weighted by molar-refractivity contribution is 7.10. The molecule has 1 atom stereocenters. The third-order valence-electron chi connectivity index (χ3n) is 3.92. The Morgan fingerprint density at radius 2 is 2.35 bits per heavy atom. The zero-order chi connectivity index (χ0) is 14.0. The van der Waals surface area contributed by atoms with Gasteiger partial charge in [-0.1, -0.05) is 12.5 Å². The Balaban J connectivity index is 1.78. The largest absolute Gasteiger partial charge is 0.472 e. The summed E-state index contributed by atoms with van der Waals surface area (Å²) in [5.41, 5.74) is -0.561. The fourth-order valence-corrected chi connectivity index (χ4v) is 3.22. The maximum atomic E-state index is 12.0. The monoisotopic (exact) mass is 291 g/mol. The molecule has 2 heterocycles. The first-order valence-electron chi connectivity index (χ1n) is 6.77. The van der Waals surface area contributed by atoms with E-state index in [-0.39, 0.29) is 18.4 Å². The summed E-state index contributed by atoms with van der Waals surface area (Å²) in [6, 6.07) is 5.49. The minimum absolute atomic E-state index is 0.0368. The molecule has 0 bridgehead atoms. The quantitative estimate of drug-likeness (QED) is 0.889. The van der Waals surface area contributed by atoms with Gasteiger partial charge in [0.25, 0.3) is 0 Å². The Kier molecular flexibility index (Phi) is 3.63. The molecule has 20 heavy (non-hydrogen) atoms. The van der Waals surface area contributed by atoms with Gasteiger partial charge in [-0.05, 0) is 30.4 Å². The Labute approximate surface area is 121 Å². The van der Waals surface area contributed by atoms with Crippen LogP contribution in [0.2, 0.25) is 0 Å². The summed E-state index contributed by atoms with van der Waals surface area (Å²) in [5.74, 6) is 0.154. The fourth-order valence-electron chi connectivity index (χ4n) is 2.37. The highest BCUT2D eigenvalue weighted by atomic mass is 32.1. The van der Waals surface area contributed by atoms with Crippen LogP contribution >= 0.6 is 11.3 Å².